The Hall–Kier alpha value is -1.02. The number of benzene rings is 1. The van der Waals surface area contributed by atoms with Crippen LogP contribution in [0.5, 0.6) is 0 Å². The smallest absolute Gasteiger partial charge is 0.130 e. The number of amidine groups is 1. The average Bonchev–Trinajstić information content (AvgIpc) is 2.50. The fourth-order valence-electron chi connectivity index (χ4n) is 2.52. The first kappa shape index (κ1) is 19.0. The fourth-order valence-corrected chi connectivity index (χ4v) is 2.65. The van der Waals surface area contributed by atoms with Crippen molar-refractivity contribution in [3.63, 3.8) is 0 Å². The van der Waals surface area contributed by atoms with Gasteiger partial charge in [0.2, 0.25) is 0 Å². The first-order chi connectivity index (χ1) is 10.6. The lowest BCUT2D eigenvalue weighted by molar-refractivity contribution is 0.574. The maximum atomic E-state index is 5.95. The zero-order chi connectivity index (χ0) is 16.2. The highest BCUT2D eigenvalue weighted by atomic mass is 35.5. The molecule has 2 nitrogen and oxygen atoms in total. The van der Waals surface area contributed by atoms with Crippen molar-refractivity contribution >= 4 is 17.4 Å². The monoisotopic (exact) mass is 322 g/mol. The van der Waals surface area contributed by atoms with E-state index in [0.717, 1.165) is 23.0 Å². The minimum atomic E-state index is 0.768. The van der Waals surface area contributed by atoms with Gasteiger partial charge in [0.1, 0.15) is 5.84 Å². The van der Waals surface area contributed by atoms with Crippen LogP contribution in [-0.4, -0.2) is 31.4 Å². The molecule has 0 aliphatic carbocycles. The van der Waals surface area contributed by atoms with Crippen LogP contribution in [0.3, 0.4) is 0 Å². The first-order valence-electron chi connectivity index (χ1n) is 8.63. The fraction of sp³-hybridized carbons (Fsp3) is 0.632. The van der Waals surface area contributed by atoms with Gasteiger partial charge in [-0.15, -0.1) is 0 Å². The summed E-state index contributed by atoms with van der Waals surface area (Å²) in [5, 5.41) is 0.768. The van der Waals surface area contributed by atoms with E-state index in [9.17, 15) is 0 Å². The standard InChI is InChI=1S/C19H31ClN2/c1-4-5-6-7-8-9-10-11-16-21-19(22(2)3)17-12-14-18(20)15-13-17/h12-15H,4-11,16H2,1-3H3. The molecule has 0 aromatic heterocycles. The molecule has 0 fully saturated rings. The molecule has 0 aliphatic rings. The number of hydrogen-bond donors (Lipinski definition) is 0. The summed E-state index contributed by atoms with van der Waals surface area (Å²) in [5.41, 5.74) is 1.13. The van der Waals surface area contributed by atoms with Gasteiger partial charge in [0, 0.05) is 31.2 Å². The van der Waals surface area contributed by atoms with E-state index in [0.29, 0.717) is 0 Å². The molecule has 0 N–H and O–H groups in total. The summed E-state index contributed by atoms with van der Waals surface area (Å²) >= 11 is 5.95. The van der Waals surface area contributed by atoms with Gasteiger partial charge in [-0.25, -0.2) is 0 Å². The van der Waals surface area contributed by atoms with Gasteiger partial charge >= 0.3 is 0 Å². The molecule has 0 heterocycles. The molecule has 0 unspecified atom stereocenters. The van der Waals surface area contributed by atoms with E-state index >= 15 is 0 Å². The van der Waals surface area contributed by atoms with Crippen molar-refractivity contribution in [2.45, 2.75) is 58.3 Å². The van der Waals surface area contributed by atoms with E-state index in [2.05, 4.69) is 11.8 Å². The normalized spacial score (nSPS) is 11.7. The van der Waals surface area contributed by atoms with E-state index in [1.165, 1.54) is 51.4 Å². The van der Waals surface area contributed by atoms with Crippen LogP contribution in [0.25, 0.3) is 0 Å². The van der Waals surface area contributed by atoms with Crippen molar-refractivity contribution in [3.05, 3.63) is 34.9 Å². The predicted molar refractivity (Wildman–Crippen MR) is 99.2 cm³/mol. The van der Waals surface area contributed by atoms with Crippen LogP contribution >= 0.6 is 11.6 Å². The first-order valence-corrected chi connectivity index (χ1v) is 9.00. The Morgan fingerprint density at radius 2 is 1.45 bits per heavy atom. The summed E-state index contributed by atoms with van der Waals surface area (Å²) in [6.45, 7) is 3.17. The number of nitrogens with zero attached hydrogens (tertiary/aromatic N) is 2. The molecule has 0 amide bonds. The zero-order valence-electron chi connectivity index (χ0n) is 14.4. The van der Waals surface area contributed by atoms with Crippen LogP contribution in [0.1, 0.15) is 63.9 Å². The minimum absolute atomic E-state index is 0.768. The second kappa shape index (κ2) is 11.5. The topological polar surface area (TPSA) is 15.6 Å². The van der Waals surface area contributed by atoms with Gasteiger partial charge in [-0.1, -0.05) is 63.5 Å². The van der Waals surface area contributed by atoms with E-state index in [1.807, 2.05) is 38.4 Å². The van der Waals surface area contributed by atoms with Crippen molar-refractivity contribution in [2.24, 2.45) is 4.99 Å². The quantitative estimate of drug-likeness (QED) is 0.302. The van der Waals surface area contributed by atoms with Crippen LogP contribution < -0.4 is 0 Å². The molecule has 0 bridgehead atoms. The van der Waals surface area contributed by atoms with Crippen LogP contribution in [0.2, 0.25) is 5.02 Å². The number of halogens is 1. The maximum absolute atomic E-state index is 5.95. The molecule has 0 aliphatic heterocycles. The van der Waals surface area contributed by atoms with E-state index in [-0.39, 0.29) is 0 Å². The van der Waals surface area contributed by atoms with Crippen LogP contribution in [-0.2, 0) is 0 Å². The number of hydrogen-bond acceptors (Lipinski definition) is 1. The van der Waals surface area contributed by atoms with Crippen molar-refractivity contribution < 1.29 is 0 Å². The third kappa shape index (κ3) is 7.84. The van der Waals surface area contributed by atoms with Gasteiger partial charge < -0.3 is 4.90 Å². The highest BCUT2D eigenvalue weighted by Gasteiger charge is 2.05. The lowest BCUT2D eigenvalue weighted by Crippen LogP contribution is -2.23. The van der Waals surface area contributed by atoms with Crippen molar-refractivity contribution in [2.75, 3.05) is 20.6 Å². The summed E-state index contributed by atoms with van der Waals surface area (Å²) in [6.07, 6.45) is 10.7. The molecular formula is C19H31ClN2. The second-order valence-electron chi connectivity index (χ2n) is 6.08. The van der Waals surface area contributed by atoms with Crippen molar-refractivity contribution in [1.82, 2.24) is 4.90 Å². The molecule has 0 atom stereocenters. The third-order valence-electron chi connectivity index (χ3n) is 3.80. The predicted octanol–water partition coefficient (Wildman–Crippen LogP) is 5.79. The molecule has 124 valence electrons. The molecular weight excluding hydrogens is 292 g/mol. The van der Waals surface area contributed by atoms with E-state index < -0.39 is 0 Å². The SMILES string of the molecule is CCCCCCCCCCN=C(c1ccc(Cl)cc1)N(C)C. The second-order valence-corrected chi connectivity index (χ2v) is 6.52. The molecule has 1 rings (SSSR count). The maximum Gasteiger partial charge on any atom is 0.130 e. The van der Waals surface area contributed by atoms with Gasteiger partial charge in [0.05, 0.1) is 0 Å². The van der Waals surface area contributed by atoms with Crippen molar-refractivity contribution in [1.29, 1.82) is 0 Å². The number of rotatable bonds is 10. The van der Waals surface area contributed by atoms with Gasteiger partial charge in [-0.05, 0) is 30.7 Å². The Morgan fingerprint density at radius 1 is 0.909 bits per heavy atom. The van der Waals surface area contributed by atoms with Crippen LogP contribution in [0.15, 0.2) is 29.3 Å². The van der Waals surface area contributed by atoms with E-state index in [1.54, 1.807) is 0 Å². The highest BCUT2D eigenvalue weighted by Crippen LogP contribution is 2.12. The van der Waals surface area contributed by atoms with E-state index in [4.69, 9.17) is 16.6 Å². The summed E-state index contributed by atoms with van der Waals surface area (Å²) in [4.78, 5) is 6.85. The van der Waals surface area contributed by atoms with Gasteiger partial charge in [0.15, 0.2) is 0 Å². The third-order valence-corrected chi connectivity index (χ3v) is 4.05. The van der Waals surface area contributed by atoms with Gasteiger partial charge in [-0.2, -0.15) is 0 Å². The summed E-state index contributed by atoms with van der Waals surface area (Å²) < 4.78 is 0. The largest absolute Gasteiger partial charge is 0.363 e. The summed E-state index contributed by atoms with van der Waals surface area (Å²) in [6, 6.07) is 7.92. The molecule has 1 aromatic carbocycles. The van der Waals surface area contributed by atoms with Crippen molar-refractivity contribution in [3.8, 4) is 0 Å². The molecule has 22 heavy (non-hydrogen) atoms. The van der Waals surface area contributed by atoms with Gasteiger partial charge in [-0.3, -0.25) is 4.99 Å². The van der Waals surface area contributed by atoms with Crippen LogP contribution in [0, 0.1) is 0 Å². The highest BCUT2D eigenvalue weighted by molar-refractivity contribution is 6.30. The average molecular weight is 323 g/mol. The number of aliphatic imine (C=N–C) groups is 1. The zero-order valence-corrected chi connectivity index (χ0v) is 15.2. The molecule has 0 saturated heterocycles. The minimum Gasteiger partial charge on any atom is -0.363 e. The Morgan fingerprint density at radius 3 is 2.00 bits per heavy atom. The lowest BCUT2D eigenvalue weighted by atomic mass is 10.1. The Balaban J connectivity index is 2.30. The lowest BCUT2D eigenvalue weighted by Gasteiger charge is -2.16. The summed E-state index contributed by atoms with van der Waals surface area (Å²) in [5.74, 6) is 1.04. The Labute approximate surface area is 141 Å². The Kier molecular flexibility index (Phi) is 9.98. The molecule has 0 spiro atoms. The molecule has 0 radical (unpaired) electrons. The van der Waals surface area contributed by atoms with Crippen LogP contribution in [0.4, 0.5) is 0 Å². The molecule has 1 aromatic rings. The molecule has 3 heteroatoms. The van der Waals surface area contributed by atoms with Gasteiger partial charge in [0.25, 0.3) is 0 Å². The Bertz CT molecular complexity index is 424. The molecule has 0 saturated carbocycles. The number of unbranched alkanes of at least 4 members (excludes halogenated alkanes) is 7. The summed E-state index contributed by atoms with van der Waals surface area (Å²) in [7, 11) is 4.09.